The van der Waals surface area contributed by atoms with Crippen LogP contribution >= 0.6 is 0 Å². The molecule has 1 aromatic rings. The number of hydrogen-bond donors (Lipinski definition) is 3. The summed E-state index contributed by atoms with van der Waals surface area (Å²) in [7, 11) is 1.64. The van der Waals surface area contributed by atoms with Gasteiger partial charge in [-0.1, -0.05) is 76.1 Å². The summed E-state index contributed by atoms with van der Waals surface area (Å²) in [5, 5.41) is 26.5. The van der Waals surface area contributed by atoms with E-state index in [0.29, 0.717) is 61.3 Å². The second-order valence-electron chi connectivity index (χ2n) is 18.7. The third kappa shape index (κ3) is 8.77. The maximum atomic E-state index is 14.8. The van der Waals surface area contributed by atoms with E-state index in [1.165, 1.54) is 6.92 Å². The predicted octanol–water partition coefficient (Wildman–Crippen LogP) is 6.06. The van der Waals surface area contributed by atoms with Gasteiger partial charge in [-0.3, -0.25) is 19.2 Å². The minimum absolute atomic E-state index is 0.000402. The van der Waals surface area contributed by atoms with Crippen molar-refractivity contribution < 1.29 is 53.1 Å². The molecule has 0 radical (unpaired) electrons. The van der Waals surface area contributed by atoms with Gasteiger partial charge >= 0.3 is 11.9 Å². The van der Waals surface area contributed by atoms with Gasteiger partial charge in [-0.15, -0.1) is 0 Å². The fourth-order valence-electron chi connectivity index (χ4n) is 10.8. The maximum Gasteiger partial charge on any atom is 0.317 e. The first-order valence-electron chi connectivity index (χ1n) is 22.7. The van der Waals surface area contributed by atoms with Gasteiger partial charge in [0.25, 0.3) is 0 Å². The Bertz CT molecular complexity index is 1980. The molecule has 0 aromatic heterocycles. The van der Waals surface area contributed by atoms with Crippen LogP contribution in [0, 0.1) is 17.8 Å². The lowest BCUT2D eigenvalue weighted by molar-refractivity contribution is -0.335. The highest BCUT2D eigenvalue weighted by atomic mass is 16.7. The Morgan fingerprint density at radius 1 is 1.02 bits per heavy atom. The number of amides is 2. The maximum absolute atomic E-state index is 14.8. The van der Waals surface area contributed by atoms with Crippen molar-refractivity contribution in [2.24, 2.45) is 17.8 Å². The summed E-state index contributed by atoms with van der Waals surface area (Å²) in [4.78, 5) is 55.5. The molecule has 6 aliphatic rings. The van der Waals surface area contributed by atoms with Gasteiger partial charge in [0.15, 0.2) is 5.79 Å². The van der Waals surface area contributed by atoms with E-state index in [1.54, 1.807) is 44.3 Å². The quantitative estimate of drug-likeness (QED) is 0.215. The molecule has 7 rings (SSSR count). The van der Waals surface area contributed by atoms with E-state index in [9.17, 15) is 29.4 Å². The Hall–Kier alpha value is -3.98. The van der Waals surface area contributed by atoms with E-state index in [-0.39, 0.29) is 37.0 Å². The summed E-state index contributed by atoms with van der Waals surface area (Å²) < 4.78 is 32.7. The molecule has 3 N–H and O–H groups in total. The molecule has 2 bridgehead atoms. The second-order valence-corrected chi connectivity index (χ2v) is 18.7. The van der Waals surface area contributed by atoms with Crippen molar-refractivity contribution in [3.8, 4) is 0 Å². The van der Waals surface area contributed by atoms with Crippen LogP contribution in [-0.4, -0.2) is 102 Å². The van der Waals surface area contributed by atoms with Crippen LogP contribution in [0.4, 0.5) is 5.69 Å². The monoisotopic (exact) mass is 858 g/mol. The number of rotatable bonds is 7. The number of anilines is 1. The van der Waals surface area contributed by atoms with Gasteiger partial charge in [0.05, 0.1) is 36.5 Å². The first-order valence-corrected chi connectivity index (χ1v) is 22.7. The van der Waals surface area contributed by atoms with E-state index in [1.807, 2.05) is 32.1 Å². The zero-order chi connectivity index (χ0) is 44.6. The Morgan fingerprint density at radius 2 is 1.74 bits per heavy atom. The average molecular weight is 859 g/mol. The van der Waals surface area contributed by atoms with Crippen molar-refractivity contribution in [2.45, 2.75) is 159 Å². The number of nitrogens with zero attached hydrogens (tertiary/aromatic N) is 1. The van der Waals surface area contributed by atoms with Crippen molar-refractivity contribution >= 4 is 29.4 Å². The van der Waals surface area contributed by atoms with Crippen molar-refractivity contribution in [1.82, 2.24) is 5.32 Å². The Balaban J connectivity index is 1.24. The summed E-state index contributed by atoms with van der Waals surface area (Å²) >= 11 is 0. The number of aliphatic hydroxyl groups is 2. The first kappa shape index (κ1) is 46.0. The number of likely N-dealkylation sites (N-methyl/N-ethyl adjacent to an activating group) is 1. The third-order valence-electron chi connectivity index (χ3n) is 14.4. The second kappa shape index (κ2) is 18.6. The molecule has 1 spiro atoms. The van der Waals surface area contributed by atoms with Gasteiger partial charge in [0, 0.05) is 32.1 Å². The molecule has 2 amide bonds. The molecule has 13 heteroatoms. The highest BCUT2D eigenvalue weighted by Gasteiger charge is 2.60. The largest absolute Gasteiger partial charge is 0.462 e. The molecule has 1 saturated carbocycles. The molecule has 3 saturated heterocycles. The van der Waals surface area contributed by atoms with E-state index in [4.69, 9.17) is 23.7 Å². The number of allylic oxidation sites excluding steroid dienone is 2. The molecule has 4 aliphatic heterocycles. The van der Waals surface area contributed by atoms with Crippen molar-refractivity contribution in [3.63, 3.8) is 0 Å². The molecular formula is C49H66N2O11. The zero-order valence-electron chi connectivity index (χ0n) is 37.4. The van der Waals surface area contributed by atoms with Crippen LogP contribution in [0.1, 0.15) is 111 Å². The molecule has 4 fully saturated rings. The van der Waals surface area contributed by atoms with Crippen LogP contribution < -0.4 is 10.2 Å². The molecule has 13 nitrogen and oxygen atoms in total. The first-order chi connectivity index (χ1) is 29.6. The Kier molecular flexibility index (Phi) is 13.8. The smallest absolute Gasteiger partial charge is 0.317 e. The zero-order valence-corrected chi connectivity index (χ0v) is 37.4. The lowest BCUT2D eigenvalue weighted by Crippen LogP contribution is -2.58. The van der Waals surface area contributed by atoms with Crippen LogP contribution in [0.3, 0.4) is 0 Å². The summed E-state index contributed by atoms with van der Waals surface area (Å²) in [5.41, 5.74) is 0.195. The fraction of sp³-hybridized carbons (Fsp3) is 0.633. The van der Waals surface area contributed by atoms with Gasteiger partial charge in [-0.05, 0) is 93.3 Å². The number of ether oxygens (including phenoxy) is 5. The van der Waals surface area contributed by atoms with Crippen molar-refractivity contribution in [2.75, 3.05) is 25.1 Å². The highest BCUT2D eigenvalue weighted by Crippen LogP contribution is 2.48. The standard InChI is InChI=1S/C49H66N2O11/c1-8-40-29(2)20-23-48(62-40)26-38-25-37(61-48)19-14-31(4)43(30(3)12-11-13-35-28-58-44-42(54)32(5)24-39(45(55)59-38)49(35,44)57)60-46(56)47(21-9-10-22-47)34-15-17-36(18-16-34)51(33(6)52)41(53)27-50-7/h11-18,24,29-30,37-40,42-44,50,54,57H,8-10,19-23,25-28H2,1-7H3/b12-11+,31-14+,35-13+/t29-,30-,37+,38-,39-,40+,42+,43+,44+,48+,49+/m0/s1. The molecule has 11 atom stereocenters. The summed E-state index contributed by atoms with van der Waals surface area (Å²) in [6.45, 7) is 11.3. The molecular weight excluding hydrogens is 793 g/mol. The third-order valence-corrected chi connectivity index (χ3v) is 14.4. The van der Waals surface area contributed by atoms with Crippen LogP contribution in [-0.2, 0) is 48.3 Å². The SMILES string of the molecule is CC[C@H]1O[C@]2(CC[C@@H]1C)C[C@@H]1C[C@@H](C/C=C(\C)[C@H](OC(=O)C3(c4ccc(N(C(C)=O)C(=O)CNC)cc4)CCCC3)[C@@H](C)/C=C/C=C3\CO[C@@H]4[C@H](O)C(C)=C[C@@H](C(=O)O1)[C@]34O)O2. The molecule has 2 aliphatic carbocycles. The topological polar surface area (TPSA) is 170 Å². The number of carbonyl (C=O) groups excluding carboxylic acids is 4. The lowest BCUT2D eigenvalue weighted by atomic mass is 9.71. The number of esters is 2. The summed E-state index contributed by atoms with van der Waals surface area (Å²) in [6, 6.07) is 7.08. The average Bonchev–Trinajstić information content (AvgIpc) is 3.87. The molecule has 1 aromatic carbocycles. The van der Waals surface area contributed by atoms with E-state index < -0.39 is 65.1 Å². The number of nitrogens with one attached hydrogen (secondary N) is 1. The number of benzene rings is 1. The minimum atomic E-state index is -1.86. The molecule has 338 valence electrons. The van der Waals surface area contributed by atoms with Gasteiger partial charge in [0.2, 0.25) is 11.8 Å². The number of fused-ring (bicyclic) bond motifs is 2. The number of hydrogen-bond acceptors (Lipinski definition) is 12. The van der Waals surface area contributed by atoms with Crippen molar-refractivity contribution in [1.29, 1.82) is 0 Å². The lowest BCUT2D eigenvalue weighted by Gasteiger charge is -2.50. The molecule has 62 heavy (non-hydrogen) atoms. The van der Waals surface area contributed by atoms with Crippen LogP contribution in [0.2, 0.25) is 0 Å². The van der Waals surface area contributed by atoms with E-state index in [0.717, 1.165) is 41.7 Å². The minimum Gasteiger partial charge on any atom is -0.462 e. The summed E-state index contributed by atoms with van der Waals surface area (Å²) in [6.07, 6.45) is 11.6. The highest BCUT2D eigenvalue weighted by molar-refractivity contribution is 6.14. The van der Waals surface area contributed by atoms with Crippen LogP contribution in [0.15, 0.2) is 71.4 Å². The number of carbonyl (C=O) groups is 4. The van der Waals surface area contributed by atoms with Gasteiger partial charge in [0.1, 0.15) is 35.9 Å². The van der Waals surface area contributed by atoms with Crippen LogP contribution in [0.25, 0.3) is 0 Å². The van der Waals surface area contributed by atoms with Gasteiger partial charge in [-0.2, -0.15) is 0 Å². The molecule has 4 heterocycles. The van der Waals surface area contributed by atoms with E-state index >= 15 is 0 Å². The van der Waals surface area contributed by atoms with Crippen LogP contribution in [0.5, 0.6) is 0 Å². The fourth-order valence-corrected chi connectivity index (χ4v) is 10.8. The predicted molar refractivity (Wildman–Crippen MR) is 232 cm³/mol. The normalized spacial score (nSPS) is 38.0. The van der Waals surface area contributed by atoms with Crippen molar-refractivity contribution in [3.05, 3.63) is 76.9 Å². The summed E-state index contributed by atoms with van der Waals surface area (Å²) in [5.74, 6) is -3.79. The number of aliphatic hydroxyl groups excluding tert-OH is 1. The molecule has 0 unspecified atom stereocenters. The van der Waals surface area contributed by atoms with Gasteiger partial charge in [-0.25, -0.2) is 4.90 Å². The number of imide groups is 1. The Labute approximate surface area is 365 Å². The Morgan fingerprint density at radius 3 is 2.42 bits per heavy atom. The van der Waals surface area contributed by atoms with Gasteiger partial charge < -0.3 is 39.2 Å². The van der Waals surface area contributed by atoms with E-state index in [2.05, 4.69) is 25.2 Å².